The molecule has 0 radical (unpaired) electrons. The van der Waals surface area contributed by atoms with E-state index >= 15 is 0 Å². The van der Waals surface area contributed by atoms with Gasteiger partial charge in [-0.2, -0.15) is 22.0 Å². The zero-order valence-corrected chi connectivity index (χ0v) is 13.1. The number of amides is 2. The molecule has 0 saturated heterocycles. The van der Waals surface area contributed by atoms with E-state index in [1.165, 1.54) is 25.4 Å². The van der Waals surface area contributed by atoms with Gasteiger partial charge in [-0.25, -0.2) is 9.78 Å². The Hall–Kier alpha value is -2.65. The van der Waals surface area contributed by atoms with E-state index in [0.29, 0.717) is 4.57 Å². The van der Waals surface area contributed by atoms with Gasteiger partial charge in [0.15, 0.2) is 0 Å². The highest BCUT2D eigenvalue weighted by atomic mass is 19.4. The van der Waals surface area contributed by atoms with Crippen molar-refractivity contribution >= 4 is 6.03 Å². The Balaban J connectivity index is 1.95. The second-order valence-electron chi connectivity index (χ2n) is 5.24. The average molecular weight is 362 g/mol. The van der Waals surface area contributed by atoms with Crippen molar-refractivity contribution in [1.29, 1.82) is 0 Å². The molecule has 1 aromatic carbocycles. The Kier molecular flexibility index (Phi) is 5.60. The van der Waals surface area contributed by atoms with Crippen LogP contribution in [0.4, 0.5) is 26.7 Å². The van der Waals surface area contributed by atoms with Crippen molar-refractivity contribution in [2.45, 2.75) is 25.8 Å². The molecule has 1 aromatic heterocycles. The van der Waals surface area contributed by atoms with Crippen LogP contribution in [0.15, 0.2) is 36.7 Å². The molecule has 0 aliphatic heterocycles. The van der Waals surface area contributed by atoms with Crippen molar-refractivity contribution < 1.29 is 26.7 Å². The third kappa shape index (κ3) is 4.91. The number of nitrogens with one attached hydrogen (secondary N) is 1. The Morgan fingerprint density at radius 1 is 1.36 bits per heavy atom. The fraction of sp³-hybridized carbons (Fsp3) is 0.333. The number of alkyl halides is 5. The maximum Gasteiger partial charge on any atom is 0.416 e. The molecule has 0 spiro atoms. The number of hydrogen-bond acceptors (Lipinski definition) is 2. The van der Waals surface area contributed by atoms with Gasteiger partial charge in [-0.15, -0.1) is 0 Å². The first-order valence-corrected chi connectivity index (χ1v) is 7.13. The normalized spacial score (nSPS) is 11.6. The number of imidazole rings is 1. The molecule has 1 heterocycles. The second-order valence-corrected chi connectivity index (χ2v) is 5.24. The third-order valence-corrected chi connectivity index (χ3v) is 3.38. The number of rotatable bonds is 5. The maximum atomic E-state index is 12.7. The van der Waals surface area contributed by atoms with Gasteiger partial charge in [0.2, 0.25) is 0 Å². The van der Waals surface area contributed by atoms with Gasteiger partial charge in [0.05, 0.1) is 12.1 Å². The van der Waals surface area contributed by atoms with Crippen molar-refractivity contribution in [3.05, 3.63) is 53.6 Å². The van der Waals surface area contributed by atoms with E-state index in [1.54, 1.807) is 0 Å². The van der Waals surface area contributed by atoms with E-state index in [4.69, 9.17) is 0 Å². The third-order valence-electron chi connectivity index (χ3n) is 3.38. The van der Waals surface area contributed by atoms with Crippen molar-refractivity contribution in [3.63, 3.8) is 0 Å². The van der Waals surface area contributed by atoms with Crippen molar-refractivity contribution in [1.82, 2.24) is 19.8 Å². The summed E-state index contributed by atoms with van der Waals surface area (Å²) in [5, 5.41) is 2.43. The van der Waals surface area contributed by atoms with Crippen LogP contribution < -0.4 is 5.32 Å². The smallest absolute Gasteiger partial charge is 0.334 e. The fourth-order valence-electron chi connectivity index (χ4n) is 2.10. The van der Waals surface area contributed by atoms with Crippen LogP contribution in [-0.4, -0.2) is 27.5 Å². The minimum atomic E-state index is -4.47. The van der Waals surface area contributed by atoms with Crippen LogP contribution in [0.25, 0.3) is 0 Å². The van der Waals surface area contributed by atoms with E-state index in [9.17, 15) is 26.7 Å². The molecular weight excluding hydrogens is 347 g/mol. The Morgan fingerprint density at radius 2 is 2.08 bits per heavy atom. The van der Waals surface area contributed by atoms with E-state index in [1.807, 2.05) is 0 Å². The summed E-state index contributed by atoms with van der Waals surface area (Å²) in [7, 11) is 1.37. The van der Waals surface area contributed by atoms with Crippen LogP contribution in [0.2, 0.25) is 0 Å². The molecule has 1 N–H and O–H groups in total. The summed E-state index contributed by atoms with van der Waals surface area (Å²) in [5.41, 5.74) is -0.544. The average Bonchev–Trinajstić information content (AvgIpc) is 3.00. The highest BCUT2D eigenvalue weighted by molar-refractivity contribution is 5.73. The first-order chi connectivity index (χ1) is 11.7. The number of carbonyl (C=O) groups is 1. The van der Waals surface area contributed by atoms with Crippen LogP contribution in [0.5, 0.6) is 0 Å². The van der Waals surface area contributed by atoms with Gasteiger partial charge in [0.1, 0.15) is 5.82 Å². The summed E-state index contributed by atoms with van der Waals surface area (Å²) in [6.45, 7) is -3.08. The molecule has 0 bridgehead atoms. The van der Waals surface area contributed by atoms with Crippen molar-refractivity contribution in [2.24, 2.45) is 0 Å². The fourth-order valence-corrected chi connectivity index (χ4v) is 2.10. The van der Waals surface area contributed by atoms with Gasteiger partial charge >= 0.3 is 18.8 Å². The van der Waals surface area contributed by atoms with Gasteiger partial charge in [-0.3, -0.25) is 4.57 Å². The molecule has 2 rings (SSSR count). The molecule has 10 heteroatoms. The highest BCUT2D eigenvalue weighted by Gasteiger charge is 2.30. The lowest BCUT2D eigenvalue weighted by Crippen LogP contribution is -2.37. The summed E-state index contributed by atoms with van der Waals surface area (Å²) < 4.78 is 64.0. The predicted octanol–water partition coefficient (Wildman–Crippen LogP) is 3.64. The lowest BCUT2D eigenvalue weighted by molar-refractivity contribution is -0.137. The second kappa shape index (κ2) is 7.49. The zero-order valence-electron chi connectivity index (χ0n) is 13.1. The molecule has 136 valence electrons. The Morgan fingerprint density at radius 3 is 2.72 bits per heavy atom. The molecule has 2 aromatic rings. The molecule has 0 unspecified atom stereocenters. The number of halogens is 5. The largest absolute Gasteiger partial charge is 0.416 e. The van der Waals surface area contributed by atoms with Crippen LogP contribution in [0.1, 0.15) is 23.5 Å². The van der Waals surface area contributed by atoms with Crippen LogP contribution in [-0.2, 0) is 19.3 Å². The number of carbonyl (C=O) groups excluding carboxylic acids is 1. The number of nitrogens with zero attached hydrogens (tertiary/aromatic N) is 3. The number of aromatic nitrogens is 2. The maximum absolute atomic E-state index is 12.7. The standard InChI is InChI=1S/C15H15F5N4O/c1-23(9-12-21-5-6-24(12)13(16)17)14(25)22-8-10-3-2-4-11(7-10)15(18,19)20/h2-7,13H,8-9H2,1H3,(H,22,25). The summed E-state index contributed by atoms with van der Waals surface area (Å²) >= 11 is 0. The van der Waals surface area contributed by atoms with Crippen LogP contribution in [0.3, 0.4) is 0 Å². The quantitative estimate of drug-likeness (QED) is 0.826. The Bertz CT molecular complexity index is 729. The van der Waals surface area contributed by atoms with Crippen molar-refractivity contribution in [3.8, 4) is 0 Å². The van der Waals surface area contributed by atoms with E-state index in [-0.39, 0.29) is 24.5 Å². The van der Waals surface area contributed by atoms with E-state index in [2.05, 4.69) is 10.3 Å². The predicted molar refractivity (Wildman–Crippen MR) is 78.6 cm³/mol. The van der Waals surface area contributed by atoms with Crippen LogP contribution >= 0.6 is 0 Å². The summed E-state index contributed by atoms with van der Waals surface area (Å²) in [6.07, 6.45) is -2.19. The molecule has 0 saturated carbocycles. The molecule has 5 nitrogen and oxygen atoms in total. The minimum Gasteiger partial charge on any atom is -0.334 e. The van der Waals surface area contributed by atoms with E-state index in [0.717, 1.165) is 23.2 Å². The van der Waals surface area contributed by atoms with E-state index < -0.39 is 24.3 Å². The van der Waals surface area contributed by atoms with Crippen LogP contribution in [0, 0.1) is 0 Å². The van der Waals surface area contributed by atoms with Gasteiger partial charge < -0.3 is 10.2 Å². The monoisotopic (exact) mass is 362 g/mol. The molecule has 2 amide bonds. The van der Waals surface area contributed by atoms with Gasteiger partial charge in [-0.1, -0.05) is 12.1 Å². The SMILES string of the molecule is CN(Cc1nccn1C(F)F)C(=O)NCc1cccc(C(F)(F)F)c1. The molecule has 0 atom stereocenters. The van der Waals surface area contributed by atoms with Gasteiger partial charge in [0.25, 0.3) is 0 Å². The molecular formula is C15H15F5N4O. The van der Waals surface area contributed by atoms with Crippen molar-refractivity contribution in [2.75, 3.05) is 7.05 Å². The minimum absolute atomic E-state index is 0.00767. The first kappa shape index (κ1) is 18.7. The molecule has 0 aliphatic carbocycles. The molecule has 0 fully saturated rings. The number of urea groups is 1. The lowest BCUT2D eigenvalue weighted by atomic mass is 10.1. The van der Waals surface area contributed by atoms with Gasteiger partial charge in [0, 0.05) is 26.0 Å². The summed E-state index contributed by atoms with van der Waals surface area (Å²) in [4.78, 5) is 16.8. The highest BCUT2D eigenvalue weighted by Crippen LogP contribution is 2.29. The molecule has 0 aliphatic rings. The molecule has 25 heavy (non-hydrogen) atoms. The number of benzene rings is 1. The summed E-state index contributed by atoms with van der Waals surface area (Å²) in [6, 6.07) is 3.93. The summed E-state index contributed by atoms with van der Waals surface area (Å²) in [5.74, 6) is -0.00767. The Labute approximate surface area is 140 Å². The van der Waals surface area contributed by atoms with Gasteiger partial charge in [-0.05, 0) is 17.7 Å². The lowest BCUT2D eigenvalue weighted by Gasteiger charge is -2.18. The number of hydrogen-bond donors (Lipinski definition) is 1. The first-order valence-electron chi connectivity index (χ1n) is 7.13. The topological polar surface area (TPSA) is 50.2 Å². The zero-order chi connectivity index (χ0) is 18.6.